The van der Waals surface area contributed by atoms with Crippen molar-refractivity contribution in [1.82, 2.24) is 20.1 Å². The minimum atomic E-state index is -0.430. The zero-order valence-electron chi connectivity index (χ0n) is 12.7. The molecule has 0 atom stereocenters. The molecule has 0 saturated heterocycles. The van der Waals surface area contributed by atoms with Crippen LogP contribution in [0.5, 0.6) is 5.75 Å². The quantitative estimate of drug-likeness (QED) is 0.705. The fraction of sp³-hybridized carbons (Fsp3) is 0.118. The van der Waals surface area contributed by atoms with E-state index in [2.05, 4.69) is 15.4 Å². The molecule has 1 N–H and O–H groups in total. The van der Waals surface area contributed by atoms with E-state index in [9.17, 15) is 9.18 Å². The number of para-hydroxylation sites is 2. The first-order chi connectivity index (χ1) is 11.8. The Kier molecular flexibility index (Phi) is 4.81. The Hall–Kier alpha value is -3.22. The standard InChI is InChI=1S/C17H15FN4O2/c18-14-6-2-4-8-16(14)24-10-9-20-17(23)13-5-1-3-7-15(13)22-12-19-11-21-22/h1-8,11-12H,9-10H2,(H,20,23). The summed E-state index contributed by atoms with van der Waals surface area (Å²) in [6.45, 7) is 0.414. The molecule has 7 heteroatoms. The molecule has 0 aliphatic heterocycles. The third-order valence-electron chi connectivity index (χ3n) is 3.30. The highest BCUT2D eigenvalue weighted by Crippen LogP contribution is 2.15. The van der Waals surface area contributed by atoms with Crippen LogP contribution in [0.25, 0.3) is 5.69 Å². The minimum absolute atomic E-state index is 0.162. The van der Waals surface area contributed by atoms with Gasteiger partial charge in [0, 0.05) is 0 Å². The number of halogens is 1. The highest BCUT2D eigenvalue weighted by molar-refractivity contribution is 5.97. The van der Waals surface area contributed by atoms with Crippen molar-refractivity contribution in [2.45, 2.75) is 0 Å². The summed E-state index contributed by atoms with van der Waals surface area (Å²) in [4.78, 5) is 16.2. The predicted octanol–water partition coefficient (Wildman–Crippen LogP) is 2.22. The van der Waals surface area contributed by atoms with Crippen LogP contribution >= 0.6 is 0 Å². The summed E-state index contributed by atoms with van der Waals surface area (Å²) in [6.07, 6.45) is 2.92. The largest absolute Gasteiger partial charge is 0.489 e. The van der Waals surface area contributed by atoms with Gasteiger partial charge < -0.3 is 10.1 Å². The van der Waals surface area contributed by atoms with Gasteiger partial charge in [-0.05, 0) is 24.3 Å². The van der Waals surface area contributed by atoms with E-state index in [1.165, 1.54) is 29.5 Å². The van der Waals surface area contributed by atoms with Gasteiger partial charge in [0.2, 0.25) is 0 Å². The van der Waals surface area contributed by atoms with E-state index >= 15 is 0 Å². The Morgan fingerprint density at radius 2 is 1.96 bits per heavy atom. The molecule has 0 unspecified atom stereocenters. The monoisotopic (exact) mass is 326 g/mol. The summed E-state index contributed by atoms with van der Waals surface area (Å²) in [5.74, 6) is -0.534. The molecule has 1 aromatic heterocycles. The second-order valence-electron chi connectivity index (χ2n) is 4.89. The lowest BCUT2D eigenvalue weighted by atomic mass is 10.1. The van der Waals surface area contributed by atoms with Crippen LogP contribution in [0.2, 0.25) is 0 Å². The maximum Gasteiger partial charge on any atom is 0.253 e. The van der Waals surface area contributed by atoms with Gasteiger partial charge in [-0.1, -0.05) is 24.3 Å². The molecule has 6 nitrogen and oxygen atoms in total. The van der Waals surface area contributed by atoms with Crippen molar-refractivity contribution in [2.75, 3.05) is 13.2 Å². The van der Waals surface area contributed by atoms with E-state index in [1.54, 1.807) is 30.3 Å². The highest BCUT2D eigenvalue weighted by Gasteiger charge is 2.12. The Labute approximate surface area is 137 Å². The van der Waals surface area contributed by atoms with Crippen LogP contribution in [-0.2, 0) is 0 Å². The van der Waals surface area contributed by atoms with Crippen LogP contribution in [-0.4, -0.2) is 33.8 Å². The third kappa shape index (κ3) is 3.57. The SMILES string of the molecule is O=C(NCCOc1ccccc1F)c1ccccc1-n1cncn1. The van der Waals surface area contributed by atoms with Gasteiger partial charge in [-0.25, -0.2) is 14.1 Å². The first kappa shape index (κ1) is 15.7. The molecule has 2 aromatic carbocycles. The molecule has 1 amide bonds. The van der Waals surface area contributed by atoms with Crippen molar-refractivity contribution >= 4 is 5.91 Å². The van der Waals surface area contributed by atoms with Crippen LogP contribution in [0.3, 0.4) is 0 Å². The normalized spacial score (nSPS) is 10.4. The van der Waals surface area contributed by atoms with Gasteiger partial charge in [0.05, 0.1) is 17.8 Å². The molecule has 1 heterocycles. The molecule has 3 rings (SSSR count). The molecule has 0 saturated carbocycles. The molecule has 0 aliphatic rings. The summed E-state index contributed by atoms with van der Waals surface area (Å²) in [5.41, 5.74) is 1.09. The van der Waals surface area contributed by atoms with Gasteiger partial charge in [-0.15, -0.1) is 0 Å². The smallest absolute Gasteiger partial charge is 0.253 e. The molecule has 0 radical (unpaired) electrons. The fourth-order valence-electron chi connectivity index (χ4n) is 2.18. The fourth-order valence-corrected chi connectivity index (χ4v) is 2.18. The topological polar surface area (TPSA) is 69.0 Å². The molecule has 0 bridgehead atoms. The van der Waals surface area contributed by atoms with Crippen molar-refractivity contribution in [3.63, 3.8) is 0 Å². The Balaban J connectivity index is 1.59. The van der Waals surface area contributed by atoms with Crippen LogP contribution in [0.1, 0.15) is 10.4 Å². The number of nitrogens with zero attached hydrogens (tertiary/aromatic N) is 3. The van der Waals surface area contributed by atoms with Crippen LogP contribution < -0.4 is 10.1 Å². The average molecular weight is 326 g/mol. The first-order valence-corrected chi connectivity index (χ1v) is 7.35. The maximum absolute atomic E-state index is 13.4. The molecule has 122 valence electrons. The van der Waals surface area contributed by atoms with Gasteiger partial charge in [0.25, 0.3) is 5.91 Å². The molecule has 24 heavy (non-hydrogen) atoms. The maximum atomic E-state index is 13.4. The van der Waals surface area contributed by atoms with Gasteiger partial charge in [0.1, 0.15) is 19.3 Å². The van der Waals surface area contributed by atoms with E-state index in [-0.39, 0.29) is 24.8 Å². The lowest BCUT2D eigenvalue weighted by Crippen LogP contribution is -2.29. The van der Waals surface area contributed by atoms with Crippen LogP contribution in [0.4, 0.5) is 4.39 Å². The number of nitrogens with one attached hydrogen (secondary N) is 1. The van der Waals surface area contributed by atoms with Crippen molar-refractivity contribution < 1.29 is 13.9 Å². The number of hydrogen-bond donors (Lipinski definition) is 1. The summed E-state index contributed by atoms with van der Waals surface area (Å²) in [6, 6.07) is 13.2. The molecular formula is C17H15FN4O2. The van der Waals surface area contributed by atoms with Crippen molar-refractivity contribution in [1.29, 1.82) is 0 Å². The molecule has 0 spiro atoms. The number of carbonyl (C=O) groups is 1. The number of amides is 1. The van der Waals surface area contributed by atoms with Crippen LogP contribution in [0.15, 0.2) is 61.2 Å². The summed E-state index contributed by atoms with van der Waals surface area (Å²) in [7, 11) is 0. The minimum Gasteiger partial charge on any atom is -0.489 e. The Bertz CT molecular complexity index is 821. The van der Waals surface area contributed by atoms with Gasteiger partial charge in [0.15, 0.2) is 11.6 Å². The Morgan fingerprint density at radius 3 is 2.75 bits per heavy atom. The van der Waals surface area contributed by atoms with E-state index in [0.29, 0.717) is 11.3 Å². The number of benzene rings is 2. The average Bonchev–Trinajstić information content (AvgIpc) is 3.14. The third-order valence-corrected chi connectivity index (χ3v) is 3.30. The van der Waals surface area contributed by atoms with Crippen molar-refractivity contribution in [3.8, 4) is 11.4 Å². The van der Waals surface area contributed by atoms with Crippen molar-refractivity contribution in [2.24, 2.45) is 0 Å². The number of rotatable bonds is 6. The second-order valence-corrected chi connectivity index (χ2v) is 4.89. The Morgan fingerprint density at radius 1 is 1.17 bits per heavy atom. The van der Waals surface area contributed by atoms with Crippen molar-refractivity contribution in [3.05, 3.63) is 72.6 Å². The summed E-state index contributed by atoms with van der Waals surface area (Å²) in [5, 5.41) is 6.78. The molecule has 3 aromatic rings. The van der Waals surface area contributed by atoms with Gasteiger partial charge in [-0.2, -0.15) is 5.10 Å². The molecular weight excluding hydrogens is 311 g/mol. The zero-order chi connectivity index (χ0) is 16.8. The number of carbonyl (C=O) groups excluding carboxylic acids is 1. The van der Waals surface area contributed by atoms with Gasteiger partial charge >= 0.3 is 0 Å². The number of ether oxygens (including phenoxy) is 1. The zero-order valence-corrected chi connectivity index (χ0v) is 12.7. The predicted molar refractivity (Wildman–Crippen MR) is 85.6 cm³/mol. The molecule has 0 aliphatic carbocycles. The second kappa shape index (κ2) is 7.36. The lowest BCUT2D eigenvalue weighted by Gasteiger charge is -2.11. The highest BCUT2D eigenvalue weighted by atomic mass is 19.1. The van der Waals surface area contributed by atoms with Gasteiger partial charge in [-0.3, -0.25) is 4.79 Å². The van der Waals surface area contributed by atoms with E-state index in [1.807, 2.05) is 6.07 Å². The van der Waals surface area contributed by atoms with E-state index in [0.717, 1.165) is 0 Å². The molecule has 0 fully saturated rings. The first-order valence-electron chi connectivity index (χ1n) is 7.35. The number of aromatic nitrogens is 3. The van der Waals surface area contributed by atoms with Crippen LogP contribution in [0, 0.1) is 5.82 Å². The van der Waals surface area contributed by atoms with E-state index < -0.39 is 5.82 Å². The number of hydrogen-bond acceptors (Lipinski definition) is 4. The van der Waals surface area contributed by atoms with E-state index in [4.69, 9.17) is 4.74 Å². The summed E-state index contributed by atoms with van der Waals surface area (Å²) >= 11 is 0. The summed E-state index contributed by atoms with van der Waals surface area (Å²) < 4.78 is 20.2. The lowest BCUT2D eigenvalue weighted by molar-refractivity contribution is 0.0946.